The Labute approximate surface area is 247 Å². The van der Waals surface area contributed by atoms with Crippen molar-refractivity contribution in [2.24, 2.45) is 5.10 Å². The fourth-order valence-electron chi connectivity index (χ4n) is 4.59. The number of nitrogens with zero attached hydrogens (tertiary/aromatic N) is 1. The van der Waals surface area contributed by atoms with Gasteiger partial charge >= 0.3 is 0 Å². The molecule has 5 aromatic carbocycles. The number of hydrogen-bond acceptors (Lipinski definition) is 4. The summed E-state index contributed by atoms with van der Waals surface area (Å²) in [5.41, 5.74) is 4.40. The van der Waals surface area contributed by atoms with Crippen LogP contribution in [0.25, 0.3) is 21.5 Å². The van der Waals surface area contributed by atoms with E-state index in [0.29, 0.717) is 10.8 Å². The lowest BCUT2D eigenvalue weighted by Crippen LogP contribution is -2.50. The predicted octanol–water partition coefficient (Wildman–Crippen LogP) is 6.94. The number of fused-ring (bicyclic) bond motifs is 2. The van der Waals surface area contributed by atoms with Crippen molar-refractivity contribution >= 4 is 62.8 Å². The predicted molar refractivity (Wildman–Crippen MR) is 166 cm³/mol. The number of amides is 2. The average Bonchev–Trinajstić information content (AvgIpc) is 2.98. The summed E-state index contributed by atoms with van der Waals surface area (Å²) in [6.07, 6.45) is 0.989. The molecule has 0 saturated carbocycles. The van der Waals surface area contributed by atoms with Crippen molar-refractivity contribution in [2.75, 3.05) is 0 Å². The molecule has 0 fully saturated rings. The van der Waals surface area contributed by atoms with Gasteiger partial charge < -0.3 is 10.1 Å². The summed E-state index contributed by atoms with van der Waals surface area (Å²) in [7, 11) is 0. The molecule has 0 saturated heterocycles. The van der Waals surface area contributed by atoms with Gasteiger partial charge in [0.25, 0.3) is 11.8 Å². The summed E-state index contributed by atoms with van der Waals surface area (Å²) in [5, 5.41) is 12.0. The zero-order chi connectivity index (χ0) is 28.8. The SMILES string of the molecule is C[C@@H](Oc1ccc(Cl)cc1Cl)C(=O)N[C@H](Cc1ccccc1)C(=O)N/N=C\c1c2ccccc2cc2ccccc12. The van der Waals surface area contributed by atoms with E-state index in [2.05, 4.69) is 21.9 Å². The first-order valence-corrected chi connectivity index (χ1v) is 13.8. The second kappa shape index (κ2) is 12.9. The van der Waals surface area contributed by atoms with Crippen molar-refractivity contribution in [2.45, 2.75) is 25.5 Å². The van der Waals surface area contributed by atoms with E-state index >= 15 is 0 Å². The Morgan fingerprint density at radius 3 is 2.12 bits per heavy atom. The third-order valence-corrected chi connectivity index (χ3v) is 7.19. The summed E-state index contributed by atoms with van der Waals surface area (Å²) in [4.78, 5) is 26.5. The number of halogens is 2. The van der Waals surface area contributed by atoms with E-state index in [4.69, 9.17) is 27.9 Å². The van der Waals surface area contributed by atoms with Crippen LogP contribution in [-0.4, -0.2) is 30.2 Å². The van der Waals surface area contributed by atoms with Gasteiger partial charge in [-0.3, -0.25) is 9.59 Å². The van der Waals surface area contributed by atoms with Gasteiger partial charge in [-0.2, -0.15) is 5.10 Å². The van der Waals surface area contributed by atoms with Gasteiger partial charge in [-0.1, -0.05) is 102 Å². The summed E-state index contributed by atoms with van der Waals surface area (Å²) >= 11 is 12.2. The van der Waals surface area contributed by atoms with Crippen LogP contribution in [0.5, 0.6) is 5.75 Å². The van der Waals surface area contributed by atoms with Crippen molar-refractivity contribution < 1.29 is 14.3 Å². The molecule has 0 unspecified atom stereocenters. The topological polar surface area (TPSA) is 79.8 Å². The summed E-state index contributed by atoms with van der Waals surface area (Å²) in [6.45, 7) is 1.58. The van der Waals surface area contributed by atoms with Crippen LogP contribution in [0.15, 0.2) is 108 Å². The molecular weight excluding hydrogens is 557 g/mol. The third-order valence-electron chi connectivity index (χ3n) is 6.66. The van der Waals surface area contributed by atoms with Crippen molar-refractivity contribution in [1.29, 1.82) is 0 Å². The van der Waals surface area contributed by atoms with Crippen LogP contribution in [0.1, 0.15) is 18.1 Å². The minimum absolute atomic E-state index is 0.263. The molecule has 5 rings (SSSR count). The van der Waals surface area contributed by atoms with E-state index in [1.807, 2.05) is 78.9 Å². The fourth-order valence-corrected chi connectivity index (χ4v) is 5.04. The minimum atomic E-state index is -0.926. The molecule has 5 aromatic rings. The monoisotopic (exact) mass is 583 g/mol. The van der Waals surface area contributed by atoms with Gasteiger partial charge in [0.1, 0.15) is 11.8 Å². The van der Waals surface area contributed by atoms with E-state index < -0.39 is 24.0 Å². The van der Waals surface area contributed by atoms with Crippen LogP contribution in [0.3, 0.4) is 0 Å². The Kier molecular flexibility index (Phi) is 8.82. The lowest BCUT2D eigenvalue weighted by molar-refractivity contribution is -0.132. The number of ether oxygens (including phenoxy) is 1. The molecule has 41 heavy (non-hydrogen) atoms. The lowest BCUT2D eigenvalue weighted by atomic mass is 9.97. The molecule has 0 aliphatic rings. The fraction of sp³-hybridized carbons (Fsp3) is 0.121. The van der Waals surface area contributed by atoms with E-state index in [1.165, 1.54) is 6.07 Å². The first-order valence-electron chi connectivity index (χ1n) is 13.1. The number of carbonyl (C=O) groups is 2. The minimum Gasteiger partial charge on any atom is -0.479 e. The highest BCUT2D eigenvalue weighted by atomic mass is 35.5. The highest BCUT2D eigenvalue weighted by Crippen LogP contribution is 2.29. The second-order valence-electron chi connectivity index (χ2n) is 9.55. The van der Waals surface area contributed by atoms with Crippen LogP contribution in [0, 0.1) is 0 Å². The Hall–Kier alpha value is -4.39. The zero-order valence-corrected chi connectivity index (χ0v) is 23.7. The van der Waals surface area contributed by atoms with Crippen LogP contribution in [-0.2, 0) is 16.0 Å². The second-order valence-corrected chi connectivity index (χ2v) is 10.4. The molecule has 2 N–H and O–H groups in total. The number of rotatable bonds is 9. The molecule has 0 spiro atoms. The Morgan fingerprint density at radius 1 is 0.829 bits per heavy atom. The molecule has 206 valence electrons. The lowest BCUT2D eigenvalue weighted by Gasteiger charge is -2.21. The number of nitrogens with one attached hydrogen (secondary N) is 2. The molecule has 8 heteroatoms. The maximum atomic E-state index is 13.4. The molecule has 6 nitrogen and oxygen atoms in total. The van der Waals surface area contributed by atoms with E-state index in [0.717, 1.165) is 32.7 Å². The largest absolute Gasteiger partial charge is 0.479 e. The molecule has 0 bridgehead atoms. The molecular formula is C33H27Cl2N3O3. The summed E-state index contributed by atoms with van der Waals surface area (Å²) in [6, 6.07) is 31.5. The molecule has 0 aliphatic carbocycles. The Balaban J connectivity index is 1.35. The van der Waals surface area contributed by atoms with Gasteiger partial charge in [-0.15, -0.1) is 0 Å². The smallest absolute Gasteiger partial charge is 0.262 e. The van der Waals surface area contributed by atoms with Crippen LogP contribution in [0.4, 0.5) is 0 Å². The van der Waals surface area contributed by atoms with Gasteiger partial charge in [0, 0.05) is 17.0 Å². The van der Waals surface area contributed by atoms with Crippen molar-refractivity contribution in [3.05, 3.63) is 124 Å². The van der Waals surface area contributed by atoms with Gasteiger partial charge in [0.05, 0.1) is 11.2 Å². The van der Waals surface area contributed by atoms with Crippen molar-refractivity contribution in [3.63, 3.8) is 0 Å². The Morgan fingerprint density at radius 2 is 1.46 bits per heavy atom. The van der Waals surface area contributed by atoms with Gasteiger partial charge in [-0.05, 0) is 58.3 Å². The van der Waals surface area contributed by atoms with Crippen molar-refractivity contribution in [3.8, 4) is 5.75 Å². The van der Waals surface area contributed by atoms with E-state index in [-0.39, 0.29) is 11.4 Å². The molecule has 2 amide bonds. The Bertz CT molecular complexity index is 1690. The molecule has 0 aromatic heterocycles. The first-order chi connectivity index (χ1) is 19.9. The quantitative estimate of drug-likeness (QED) is 0.112. The van der Waals surface area contributed by atoms with E-state index in [9.17, 15) is 9.59 Å². The molecule has 2 atom stereocenters. The van der Waals surface area contributed by atoms with Crippen LogP contribution < -0.4 is 15.5 Å². The summed E-state index contributed by atoms with van der Waals surface area (Å²) in [5.74, 6) is -0.620. The summed E-state index contributed by atoms with van der Waals surface area (Å²) < 4.78 is 5.75. The number of hydrogen-bond donors (Lipinski definition) is 2. The standard InChI is InChI=1S/C33H27Cl2N3O3/c1-21(41-31-16-15-25(34)19-29(31)35)32(39)37-30(17-22-9-3-2-4-10-22)33(40)38-36-20-28-26-13-7-5-11-23(26)18-24-12-6-8-14-27(24)28/h2-16,18-21,30H,17H2,1H3,(H,37,39)(H,38,40)/b36-20-/t21-,30-/m1/s1. The normalized spacial score (nSPS) is 12.8. The average molecular weight is 585 g/mol. The number of hydrazone groups is 1. The van der Waals surface area contributed by atoms with Gasteiger partial charge in [-0.25, -0.2) is 5.43 Å². The highest BCUT2D eigenvalue weighted by Gasteiger charge is 2.25. The van der Waals surface area contributed by atoms with Gasteiger partial charge in [0.15, 0.2) is 6.10 Å². The highest BCUT2D eigenvalue weighted by molar-refractivity contribution is 6.35. The van der Waals surface area contributed by atoms with E-state index in [1.54, 1.807) is 25.3 Å². The third kappa shape index (κ3) is 6.85. The maximum absolute atomic E-state index is 13.4. The molecule has 0 radical (unpaired) electrons. The number of carbonyl (C=O) groups excluding carboxylic acids is 2. The molecule has 0 aliphatic heterocycles. The van der Waals surface area contributed by atoms with Gasteiger partial charge in [0.2, 0.25) is 0 Å². The van der Waals surface area contributed by atoms with Crippen LogP contribution in [0.2, 0.25) is 10.0 Å². The zero-order valence-electron chi connectivity index (χ0n) is 22.2. The van der Waals surface area contributed by atoms with Crippen LogP contribution >= 0.6 is 23.2 Å². The number of benzene rings is 5. The molecule has 0 heterocycles. The first kappa shape index (κ1) is 28.1. The van der Waals surface area contributed by atoms with Crippen molar-refractivity contribution in [1.82, 2.24) is 10.7 Å². The maximum Gasteiger partial charge on any atom is 0.262 e.